The van der Waals surface area contributed by atoms with Gasteiger partial charge in [0, 0.05) is 11.1 Å². The molecule has 2 aromatic carbocycles. The minimum atomic E-state index is -0.502. The highest BCUT2D eigenvalue weighted by Gasteiger charge is 2.13. The lowest BCUT2D eigenvalue weighted by molar-refractivity contribution is -0.122. The normalized spacial score (nSPS) is 11.8. The van der Waals surface area contributed by atoms with E-state index in [-0.39, 0.29) is 18.5 Å². The summed E-state index contributed by atoms with van der Waals surface area (Å²) < 4.78 is 0. The first-order chi connectivity index (χ1) is 13.3. The van der Waals surface area contributed by atoms with E-state index in [1.807, 2.05) is 26.0 Å². The molecule has 0 aliphatic rings. The van der Waals surface area contributed by atoms with Gasteiger partial charge in [0.2, 0.25) is 17.6 Å². The van der Waals surface area contributed by atoms with E-state index in [1.165, 1.54) is 15.9 Å². The van der Waals surface area contributed by atoms with E-state index in [1.54, 1.807) is 24.3 Å². The first kappa shape index (κ1) is 19.2. The highest BCUT2D eigenvalue weighted by atomic mass is 16.2. The number of tetrazole rings is 1. The molecule has 3 rings (SSSR count). The van der Waals surface area contributed by atoms with Crippen molar-refractivity contribution in [3.63, 3.8) is 0 Å². The molecule has 8 nitrogen and oxygen atoms in total. The Morgan fingerprint density at radius 3 is 2.46 bits per heavy atom. The van der Waals surface area contributed by atoms with E-state index in [0.29, 0.717) is 17.0 Å². The van der Waals surface area contributed by atoms with Crippen molar-refractivity contribution in [2.45, 2.75) is 33.4 Å². The number of rotatable bonds is 6. The third kappa shape index (κ3) is 4.40. The zero-order valence-electron chi connectivity index (χ0n) is 16.0. The minimum Gasteiger partial charge on any atom is -0.366 e. The van der Waals surface area contributed by atoms with Crippen molar-refractivity contribution in [2.75, 3.05) is 0 Å². The average Bonchev–Trinajstić information content (AvgIpc) is 3.12. The number of nitrogens with two attached hydrogens (primary N) is 1. The summed E-state index contributed by atoms with van der Waals surface area (Å²) in [4.78, 5) is 24.7. The van der Waals surface area contributed by atoms with Crippen LogP contribution >= 0.6 is 0 Å². The van der Waals surface area contributed by atoms with E-state index in [4.69, 9.17) is 5.73 Å². The van der Waals surface area contributed by atoms with Crippen LogP contribution in [0.25, 0.3) is 11.4 Å². The van der Waals surface area contributed by atoms with Crippen molar-refractivity contribution < 1.29 is 9.59 Å². The van der Waals surface area contributed by atoms with Gasteiger partial charge in [0.25, 0.3) is 0 Å². The second-order valence-electron chi connectivity index (χ2n) is 6.72. The molecule has 0 aliphatic carbocycles. The van der Waals surface area contributed by atoms with Crippen molar-refractivity contribution in [3.05, 3.63) is 64.7 Å². The SMILES string of the molecule is Cc1ccc([C@@H](C)NC(=O)Cn2nnc(-c3ccc(C(N)=O)cc3)n2)cc1C. The molecule has 0 saturated heterocycles. The van der Waals surface area contributed by atoms with Crippen LogP contribution in [-0.2, 0) is 11.3 Å². The van der Waals surface area contributed by atoms with E-state index in [0.717, 1.165) is 5.56 Å². The number of benzene rings is 2. The van der Waals surface area contributed by atoms with Crippen molar-refractivity contribution in [3.8, 4) is 11.4 Å². The lowest BCUT2D eigenvalue weighted by Gasteiger charge is -2.15. The van der Waals surface area contributed by atoms with Crippen LogP contribution in [0.4, 0.5) is 0 Å². The average molecular weight is 378 g/mol. The van der Waals surface area contributed by atoms with Crippen LogP contribution < -0.4 is 11.1 Å². The predicted octanol–water partition coefficient (Wildman–Crippen LogP) is 1.93. The molecule has 1 atom stereocenters. The van der Waals surface area contributed by atoms with E-state index < -0.39 is 5.91 Å². The van der Waals surface area contributed by atoms with Gasteiger partial charge in [0.15, 0.2) is 0 Å². The minimum absolute atomic E-state index is 0.0401. The highest BCUT2D eigenvalue weighted by molar-refractivity contribution is 5.93. The van der Waals surface area contributed by atoms with Crippen LogP contribution in [0.3, 0.4) is 0 Å². The van der Waals surface area contributed by atoms with Gasteiger partial charge >= 0.3 is 0 Å². The number of aromatic nitrogens is 4. The Morgan fingerprint density at radius 1 is 1.11 bits per heavy atom. The quantitative estimate of drug-likeness (QED) is 0.680. The van der Waals surface area contributed by atoms with Crippen LogP contribution in [0, 0.1) is 13.8 Å². The molecule has 28 heavy (non-hydrogen) atoms. The number of nitrogens with one attached hydrogen (secondary N) is 1. The number of carbonyl (C=O) groups excluding carboxylic acids is 2. The lowest BCUT2D eigenvalue weighted by Crippen LogP contribution is -2.30. The van der Waals surface area contributed by atoms with Gasteiger partial charge in [-0.25, -0.2) is 0 Å². The van der Waals surface area contributed by atoms with Crippen LogP contribution in [0.1, 0.15) is 40.0 Å². The second-order valence-corrected chi connectivity index (χ2v) is 6.72. The summed E-state index contributed by atoms with van der Waals surface area (Å²) in [6.45, 7) is 5.99. The molecule has 0 unspecified atom stereocenters. The fourth-order valence-electron chi connectivity index (χ4n) is 2.74. The summed E-state index contributed by atoms with van der Waals surface area (Å²) in [5, 5.41) is 15.0. The number of carbonyl (C=O) groups is 2. The number of aryl methyl sites for hydroxylation is 2. The maximum atomic E-state index is 12.3. The maximum absolute atomic E-state index is 12.3. The van der Waals surface area contributed by atoms with Gasteiger partial charge in [0.1, 0.15) is 6.54 Å². The first-order valence-corrected chi connectivity index (χ1v) is 8.88. The van der Waals surface area contributed by atoms with Crippen LogP contribution in [0.15, 0.2) is 42.5 Å². The van der Waals surface area contributed by atoms with Gasteiger partial charge < -0.3 is 11.1 Å². The largest absolute Gasteiger partial charge is 0.366 e. The van der Waals surface area contributed by atoms with E-state index in [2.05, 4.69) is 33.7 Å². The Kier molecular flexibility index (Phi) is 5.49. The van der Waals surface area contributed by atoms with Gasteiger partial charge in [0.05, 0.1) is 6.04 Å². The van der Waals surface area contributed by atoms with Crippen molar-refractivity contribution in [2.24, 2.45) is 5.73 Å². The third-order valence-corrected chi connectivity index (χ3v) is 4.57. The Labute approximate surface area is 162 Å². The zero-order valence-corrected chi connectivity index (χ0v) is 16.0. The molecule has 0 spiro atoms. The molecule has 8 heteroatoms. The summed E-state index contributed by atoms with van der Waals surface area (Å²) in [7, 11) is 0. The van der Waals surface area contributed by atoms with Gasteiger partial charge in [-0.1, -0.05) is 30.3 Å². The summed E-state index contributed by atoms with van der Waals surface area (Å²) >= 11 is 0. The van der Waals surface area contributed by atoms with E-state index >= 15 is 0 Å². The molecule has 1 aromatic heterocycles. The molecule has 0 aliphatic heterocycles. The first-order valence-electron chi connectivity index (χ1n) is 8.88. The van der Waals surface area contributed by atoms with Crippen LogP contribution in [-0.4, -0.2) is 32.0 Å². The Hall–Kier alpha value is -3.55. The fourth-order valence-corrected chi connectivity index (χ4v) is 2.74. The molecule has 144 valence electrons. The summed E-state index contributed by atoms with van der Waals surface area (Å²) in [6, 6.07) is 12.6. The molecule has 0 saturated carbocycles. The van der Waals surface area contributed by atoms with Crippen molar-refractivity contribution in [1.29, 1.82) is 0 Å². The molecule has 0 bridgehead atoms. The standard InChI is InChI=1S/C20H22N6O2/c1-12-4-5-17(10-13(12)2)14(3)22-18(27)11-26-24-20(23-25-26)16-8-6-15(7-9-16)19(21)28/h4-10,14H,11H2,1-3H3,(H2,21,28)(H,22,27)/t14-/m1/s1. The van der Waals surface area contributed by atoms with Crippen LogP contribution in [0.2, 0.25) is 0 Å². The number of amides is 2. The molecule has 3 N–H and O–H groups in total. The molecule has 2 amide bonds. The molecular formula is C20H22N6O2. The van der Waals surface area contributed by atoms with Gasteiger partial charge in [-0.15, -0.1) is 10.2 Å². The molecule has 0 radical (unpaired) electrons. The number of hydrogen-bond donors (Lipinski definition) is 2. The number of hydrogen-bond acceptors (Lipinski definition) is 5. The maximum Gasteiger partial charge on any atom is 0.248 e. The zero-order chi connectivity index (χ0) is 20.3. The third-order valence-electron chi connectivity index (χ3n) is 4.57. The van der Waals surface area contributed by atoms with Gasteiger partial charge in [-0.3, -0.25) is 9.59 Å². The fraction of sp³-hybridized carbons (Fsp3) is 0.250. The Balaban J connectivity index is 1.63. The summed E-state index contributed by atoms with van der Waals surface area (Å²) in [5.74, 6) is -0.345. The van der Waals surface area contributed by atoms with Gasteiger partial charge in [-0.05, 0) is 54.8 Å². The van der Waals surface area contributed by atoms with Crippen molar-refractivity contribution >= 4 is 11.8 Å². The van der Waals surface area contributed by atoms with Gasteiger partial charge in [-0.2, -0.15) is 4.80 Å². The highest BCUT2D eigenvalue weighted by Crippen LogP contribution is 2.17. The predicted molar refractivity (Wildman–Crippen MR) is 104 cm³/mol. The number of primary amides is 1. The smallest absolute Gasteiger partial charge is 0.248 e. The van der Waals surface area contributed by atoms with Crippen LogP contribution in [0.5, 0.6) is 0 Å². The van der Waals surface area contributed by atoms with Crippen molar-refractivity contribution in [1.82, 2.24) is 25.5 Å². The second kappa shape index (κ2) is 7.99. The number of nitrogens with zero attached hydrogens (tertiary/aromatic N) is 4. The Bertz CT molecular complexity index is 1010. The monoisotopic (exact) mass is 378 g/mol. The summed E-state index contributed by atoms with van der Waals surface area (Å²) in [5.41, 5.74) is 9.74. The molecular weight excluding hydrogens is 356 g/mol. The topological polar surface area (TPSA) is 116 Å². The molecule has 0 fully saturated rings. The Morgan fingerprint density at radius 2 is 1.82 bits per heavy atom. The summed E-state index contributed by atoms with van der Waals surface area (Å²) in [6.07, 6.45) is 0. The van der Waals surface area contributed by atoms with E-state index in [9.17, 15) is 9.59 Å². The lowest BCUT2D eigenvalue weighted by atomic mass is 10.0. The molecule has 3 aromatic rings. The molecule has 1 heterocycles.